The molecule has 0 saturated heterocycles. The van der Waals surface area contributed by atoms with Gasteiger partial charge in [-0.3, -0.25) is 14.4 Å². The van der Waals surface area contributed by atoms with Gasteiger partial charge in [-0.2, -0.15) is 0 Å². The Bertz CT molecular complexity index is 1200. The van der Waals surface area contributed by atoms with Crippen molar-refractivity contribution in [3.63, 3.8) is 0 Å². The molecule has 8 nitrogen and oxygen atoms in total. The molecule has 38 heavy (non-hydrogen) atoms. The average molecular weight is 516 g/mol. The van der Waals surface area contributed by atoms with Gasteiger partial charge in [-0.05, 0) is 24.0 Å². The second kappa shape index (κ2) is 14.9. The zero-order valence-electron chi connectivity index (χ0n) is 21.2. The fourth-order valence-electron chi connectivity index (χ4n) is 3.83. The minimum atomic E-state index is -0.848. The molecule has 4 N–H and O–H groups in total. The molecule has 0 unspecified atom stereocenters. The Balaban J connectivity index is 1.33. The van der Waals surface area contributed by atoms with Gasteiger partial charge in [0.25, 0.3) is 0 Å². The normalized spacial score (nSPS) is 11.3. The number of carbonyl (C=O) groups is 4. The van der Waals surface area contributed by atoms with Crippen LogP contribution in [0.15, 0.2) is 84.9 Å². The van der Waals surface area contributed by atoms with E-state index >= 15 is 0 Å². The molecule has 0 radical (unpaired) electrons. The van der Waals surface area contributed by atoms with Crippen LogP contribution in [-0.4, -0.2) is 36.3 Å². The molecule has 1 atom stereocenters. The number of rotatable bonds is 14. The number of nitrogens with one attached hydrogen (secondary N) is 2. The number of hydrogen-bond acceptors (Lipinski definition) is 5. The molecule has 3 aromatic carbocycles. The van der Waals surface area contributed by atoms with Gasteiger partial charge < -0.3 is 21.1 Å². The van der Waals surface area contributed by atoms with Crippen LogP contribution >= 0.6 is 0 Å². The molecule has 0 aromatic heterocycles. The maximum atomic E-state index is 12.6. The van der Waals surface area contributed by atoms with Crippen molar-refractivity contribution in [2.45, 2.75) is 44.8 Å². The Morgan fingerprint density at radius 2 is 1.37 bits per heavy atom. The second-order valence-corrected chi connectivity index (χ2v) is 8.92. The molecule has 0 aliphatic heterocycles. The lowest BCUT2D eigenvalue weighted by atomic mass is 9.99. The van der Waals surface area contributed by atoms with Crippen LogP contribution in [0.1, 0.15) is 52.7 Å². The van der Waals surface area contributed by atoms with E-state index in [-0.39, 0.29) is 31.1 Å². The second-order valence-electron chi connectivity index (χ2n) is 8.92. The van der Waals surface area contributed by atoms with Gasteiger partial charge in [-0.25, -0.2) is 4.79 Å². The van der Waals surface area contributed by atoms with Crippen molar-refractivity contribution >= 4 is 23.7 Å². The van der Waals surface area contributed by atoms with Crippen LogP contribution in [0.2, 0.25) is 0 Å². The van der Waals surface area contributed by atoms with Crippen molar-refractivity contribution in [1.82, 2.24) is 10.6 Å². The summed E-state index contributed by atoms with van der Waals surface area (Å²) in [5.41, 5.74) is 8.35. The van der Waals surface area contributed by atoms with E-state index in [1.165, 1.54) is 0 Å². The fraction of sp³-hybridized carbons (Fsp3) is 0.267. The standard InChI is InChI=1S/C30H33N3O5/c31-29(36)26(20-22-15-17-25(18-16-22)28(35)24-12-6-2-7-13-24)33-27(34)14-8-3-9-19-32-30(37)38-21-23-10-4-1-5-11-23/h1-2,4-7,10-13,15-18,26H,3,8-9,14,19-21H2,(H2,31,36)(H,32,37)(H,33,34)/t26-/m1/s1. The first-order chi connectivity index (χ1) is 18.4. The topological polar surface area (TPSA) is 128 Å². The molecular weight excluding hydrogens is 482 g/mol. The zero-order valence-corrected chi connectivity index (χ0v) is 21.2. The Hall–Kier alpha value is -4.46. The fourth-order valence-corrected chi connectivity index (χ4v) is 3.83. The van der Waals surface area contributed by atoms with Crippen molar-refractivity contribution in [3.8, 4) is 0 Å². The summed E-state index contributed by atoms with van der Waals surface area (Å²) in [7, 11) is 0. The number of nitrogens with two attached hydrogens (primary N) is 1. The highest BCUT2D eigenvalue weighted by atomic mass is 16.5. The van der Waals surface area contributed by atoms with Gasteiger partial charge in [0.1, 0.15) is 12.6 Å². The number of ether oxygens (including phenoxy) is 1. The number of amides is 3. The molecule has 8 heteroatoms. The largest absolute Gasteiger partial charge is 0.445 e. The van der Waals surface area contributed by atoms with Gasteiger partial charge >= 0.3 is 6.09 Å². The van der Waals surface area contributed by atoms with Crippen LogP contribution in [0.4, 0.5) is 4.79 Å². The lowest BCUT2D eigenvalue weighted by molar-refractivity contribution is -0.127. The summed E-state index contributed by atoms with van der Waals surface area (Å²) < 4.78 is 5.15. The number of ketones is 1. The summed E-state index contributed by atoms with van der Waals surface area (Å²) in [6, 6.07) is 24.5. The Kier molecular flexibility index (Phi) is 11.1. The van der Waals surface area contributed by atoms with Crippen LogP contribution < -0.4 is 16.4 Å². The molecular formula is C30H33N3O5. The van der Waals surface area contributed by atoms with Gasteiger partial charge in [-0.1, -0.05) is 91.3 Å². The molecule has 0 fully saturated rings. The minimum absolute atomic E-state index is 0.0869. The summed E-state index contributed by atoms with van der Waals surface area (Å²) >= 11 is 0. The third kappa shape index (κ3) is 9.54. The van der Waals surface area contributed by atoms with E-state index in [1.54, 1.807) is 36.4 Å². The number of alkyl carbamates (subject to hydrolysis) is 1. The molecule has 0 heterocycles. The minimum Gasteiger partial charge on any atom is -0.445 e. The van der Waals surface area contributed by atoms with Gasteiger partial charge in [0.2, 0.25) is 11.8 Å². The summed E-state index contributed by atoms with van der Waals surface area (Å²) in [6.45, 7) is 0.658. The van der Waals surface area contributed by atoms with E-state index in [1.807, 2.05) is 48.5 Å². The molecule has 198 valence electrons. The van der Waals surface area contributed by atoms with E-state index in [4.69, 9.17) is 10.5 Å². The van der Waals surface area contributed by atoms with E-state index in [2.05, 4.69) is 10.6 Å². The first kappa shape index (κ1) is 28.1. The SMILES string of the molecule is NC(=O)[C@@H](Cc1ccc(C(=O)c2ccccc2)cc1)NC(=O)CCCCCNC(=O)OCc1ccccc1. The predicted molar refractivity (Wildman–Crippen MR) is 144 cm³/mol. The lowest BCUT2D eigenvalue weighted by Gasteiger charge is -2.16. The van der Waals surface area contributed by atoms with Gasteiger partial charge in [0.05, 0.1) is 0 Å². The first-order valence-corrected chi connectivity index (χ1v) is 12.6. The van der Waals surface area contributed by atoms with Crippen molar-refractivity contribution in [2.24, 2.45) is 5.73 Å². The van der Waals surface area contributed by atoms with E-state index in [0.717, 1.165) is 17.5 Å². The summed E-state index contributed by atoms with van der Waals surface area (Å²) in [5, 5.41) is 5.39. The Labute approximate surface area is 222 Å². The Morgan fingerprint density at radius 1 is 0.737 bits per heavy atom. The molecule has 0 spiro atoms. The number of hydrogen-bond donors (Lipinski definition) is 3. The van der Waals surface area contributed by atoms with Gasteiger partial charge in [0, 0.05) is 30.5 Å². The van der Waals surface area contributed by atoms with Gasteiger partial charge in [0.15, 0.2) is 5.78 Å². The van der Waals surface area contributed by atoms with Crippen molar-refractivity contribution < 1.29 is 23.9 Å². The average Bonchev–Trinajstić information content (AvgIpc) is 2.94. The van der Waals surface area contributed by atoms with Crippen LogP contribution in [0, 0.1) is 0 Å². The van der Waals surface area contributed by atoms with E-state index in [0.29, 0.717) is 30.5 Å². The first-order valence-electron chi connectivity index (χ1n) is 12.6. The third-order valence-electron chi connectivity index (χ3n) is 5.93. The summed E-state index contributed by atoms with van der Waals surface area (Å²) in [6.07, 6.45) is 2.02. The van der Waals surface area contributed by atoms with Crippen LogP contribution in [0.25, 0.3) is 0 Å². The summed E-state index contributed by atoms with van der Waals surface area (Å²) in [5.74, 6) is -0.975. The molecule has 3 rings (SSSR count). The van der Waals surface area contributed by atoms with Crippen LogP contribution in [-0.2, 0) is 27.4 Å². The lowest BCUT2D eigenvalue weighted by Crippen LogP contribution is -2.45. The maximum Gasteiger partial charge on any atom is 0.407 e. The van der Waals surface area contributed by atoms with E-state index in [9.17, 15) is 19.2 Å². The van der Waals surface area contributed by atoms with E-state index < -0.39 is 18.0 Å². The smallest absolute Gasteiger partial charge is 0.407 e. The molecule has 0 aliphatic carbocycles. The predicted octanol–water partition coefficient (Wildman–Crippen LogP) is 3.92. The van der Waals surface area contributed by atoms with Crippen LogP contribution in [0.5, 0.6) is 0 Å². The highest BCUT2D eigenvalue weighted by Gasteiger charge is 2.19. The number of carbonyl (C=O) groups excluding carboxylic acids is 4. The van der Waals surface area contributed by atoms with Crippen molar-refractivity contribution in [1.29, 1.82) is 0 Å². The zero-order chi connectivity index (χ0) is 27.2. The number of benzene rings is 3. The highest BCUT2D eigenvalue weighted by Crippen LogP contribution is 2.13. The number of unbranched alkanes of at least 4 members (excludes halogenated alkanes) is 2. The van der Waals surface area contributed by atoms with Crippen molar-refractivity contribution in [3.05, 3.63) is 107 Å². The maximum absolute atomic E-state index is 12.6. The molecule has 3 aromatic rings. The Morgan fingerprint density at radius 3 is 2.03 bits per heavy atom. The van der Waals surface area contributed by atoms with Crippen LogP contribution in [0.3, 0.4) is 0 Å². The summed E-state index contributed by atoms with van der Waals surface area (Å²) in [4.78, 5) is 48.6. The van der Waals surface area contributed by atoms with Gasteiger partial charge in [-0.15, -0.1) is 0 Å². The molecule has 0 aliphatic rings. The molecule has 0 bridgehead atoms. The third-order valence-corrected chi connectivity index (χ3v) is 5.93. The van der Waals surface area contributed by atoms with Crippen molar-refractivity contribution in [2.75, 3.05) is 6.54 Å². The monoisotopic (exact) mass is 515 g/mol. The molecule has 0 saturated carbocycles. The molecule has 3 amide bonds. The number of primary amides is 1. The highest BCUT2D eigenvalue weighted by molar-refractivity contribution is 6.08. The quantitative estimate of drug-likeness (QED) is 0.222.